The third kappa shape index (κ3) is 5.06. The summed E-state index contributed by atoms with van der Waals surface area (Å²) >= 11 is 6.06. The number of hydrogen-bond acceptors (Lipinski definition) is 5. The summed E-state index contributed by atoms with van der Waals surface area (Å²) in [5.74, 6) is 0.00631. The smallest absolute Gasteiger partial charge is 0.270 e. The first kappa shape index (κ1) is 24.5. The van der Waals surface area contributed by atoms with Crippen molar-refractivity contribution in [2.75, 3.05) is 44.8 Å². The van der Waals surface area contributed by atoms with Gasteiger partial charge in [-0.3, -0.25) is 9.10 Å². The van der Waals surface area contributed by atoms with Crippen LogP contribution in [0.4, 0.5) is 5.69 Å². The van der Waals surface area contributed by atoms with Crippen LogP contribution in [0.3, 0.4) is 0 Å². The molecular weight excluding hydrogens is 474 g/mol. The van der Waals surface area contributed by atoms with E-state index in [0.717, 1.165) is 24.9 Å². The largest absolute Gasteiger partial charge is 0.354 e. The normalized spacial score (nSPS) is 14.1. The van der Waals surface area contributed by atoms with E-state index >= 15 is 0 Å². The van der Waals surface area contributed by atoms with E-state index in [1.165, 1.54) is 10.6 Å². The standard InChI is InChI=1S/C24H30ClN5O3S/c1-26-24(31)23-20-14-19(16-6-7-16)22(29(34(4,32)33)13-5-12-28(2)3)15-21(20)27-30(23)18-10-8-17(25)9-11-18/h8-11,14-16H,5-7,12-13H2,1-4H3,(H,26,31). The Balaban J connectivity index is 1.91. The molecule has 4 rings (SSSR count). The fourth-order valence-electron chi connectivity index (χ4n) is 4.18. The fourth-order valence-corrected chi connectivity index (χ4v) is 5.28. The summed E-state index contributed by atoms with van der Waals surface area (Å²) in [6.45, 7) is 1.15. The minimum atomic E-state index is -3.51. The molecule has 0 spiro atoms. The molecule has 0 unspecified atom stereocenters. The number of rotatable bonds is 9. The fraction of sp³-hybridized carbons (Fsp3) is 0.417. The molecule has 1 aromatic heterocycles. The van der Waals surface area contributed by atoms with E-state index in [1.54, 1.807) is 36.0 Å². The number of carbonyl (C=O) groups is 1. The molecule has 0 radical (unpaired) electrons. The Morgan fingerprint density at radius 3 is 2.41 bits per heavy atom. The highest BCUT2D eigenvalue weighted by atomic mass is 35.5. The second-order valence-electron chi connectivity index (χ2n) is 9.01. The van der Waals surface area contributed by atoms with Gasteiger partial charge in [0, 0.05) is 24.0 Å². The molecule has 0 bridgehead atoms. The van der Waals surface area contributed by atoms with Crippen LogP contribution in [0, 0.1) is 0 Å². The maximum absolute atomic E-state index is 12.9. The monoisotopic (exact) mass is 503 g/mol. The van der Waals surface area contributed by atoms with E-state index in [4.69, 9.17) is 16.7 Å². The zero-order chi connectivity index (χ0) is 24.6. The van der Waals surface area contributed by atoms with E-state index in [-0.39, 0.29) is 11.8 Å². The quantitative estimate of drug-likeness (QED) is 0.481. The molecular formula is C24H30ClN5O3S. The lowest BCUT2D eigenvalue weighted by Crippen LogP contribution is -2.33. The van der Waals surface area contributed by atoms with Crippen LogP contribution in [-0.4, -0.2) is 69.5 Å². The first-order chi connectivity index (χ1) is 16.1. The van der Waals surface area contributed by atoms with E-state index < -0.39 is 10.0 Å². The zero-order valence-electron chi connectivity index (χ0n) is 19.9. The van der Waals surface area contributed by atoms with Crippen molar-refractivity contribution in [2.24, 2.45) is 0 Å². The van der Waals surface area contributed by atoms with Gasteiger partial charge in [0.15, 0.2) is 0 Å². The van der Waals surface area contributed by atoms with Gasteiger partial charge in [0.1, 0.15) is 5.69 Å². The summed E-state index contributed by atoms with van der Waals surface area (Å²) in [5.41, 5.74) is 3.27. The lowest BCUT2D eigenvalue weighted by atomic mass is 10.0. The van der Waals surface area contributed by atoms with E-state index in [1.807, 2.05) is 31.1 Å². The first-order valence-electron chi connectivity index (χ1n) is 11.3. The number of halogens is 1. The van der Waals surface area contributed by atoms with E-state index in [0.29, 0.717) is 46.0 Å². The Bertz CT molecular complexity index is 1310. The second kappa shape index (κ2) is 9.56. The van der Waals surface area contributed by atoms with Crippen molar-refractivity contribution in [1.82, 2.24) is 20.0 Å². The molecule has 2 aromatic carbocycles. The number of aromatic nitrogens is 2. The predicted molar refractivity (Wildman–Crippen MR) is 137 cm³/mol. The SMILES string of the molecule is CNC(=O)c1c2cc(C3CC3)c(N(CCCN(C)C)S(C)(=O)=O)cc2nn1-c1ccc(Cl)cc1. The summed E-state index contributed by atoms with van der Waals surface area (Å²) in [6, 6.07) is 10.9. The lowest BCUT2D eigenvalue weighted by Gasteiger charge is -2.26. The van der Waals surface area contributed by atoms with Crippen molar-refractivity contribution in [3.63, 3.8) is 0 Å². The van der Waals surface area contributed by atoms with Crippen LogP contribution in [0.1, 0.15) is 41.2 Å². The molecule has 1 aliphatic rings. The van der Waals surface area contributed by atoms with Crippen molar-refractivity contribution in [1.29, 1.82) is 0 Å². The topological polar surface area (TPSA) is 87.5 Å². The Labute approximate surface area is 205 Å². The third-order valence-corrected chi connectivity index (χ3v) is 7.42. The Kier molecular flexibility index (Phi) is 6.89. The molecule has 1 aliphatic carbocycles. The van der Waals surface area contributed by atoms with Gasteiger partial charge in [0.05, 0.1) is 23.1 Å². The van der Waals surface area contributed by atoms with Crippen LogP contribution < -0.4 is 9.62 Å². The van der Waals surface area contributed by atoms with Crippen molar-refractivity contribution in [3.05, 3.63) is 52.7 Å². The number of fused-ring (bicyclic) bond motifs is 1. The molecule has 10 heteroatoms. The number of benzene rings is 2. The maximum atomic E-state index is 12.9. The van der Waals surface area contributed by atoms with Crippen molar-refractivity contribution in [2.45, 2.75) is 25.2 Å². The molecule has 1 saturated carbocycles. The molecule has 1 N–H and O–H groups in total. The molecule has 182 valence electrons. The average Bonchev–Trinajstić information content (AvgIpc) is 3.55. The second-order valence-corrected chi connectivity index (χ2v) is 11.4. The number of hydrogen-bond donors (Lipinski definition) is 1. The van der Waals surface area contributed by atoms with Crippen LogP contribution in [0.5, 0.6) is 0 Å². The number of nitrogens with one attached hydrogen (secondary N) is 1. The molecule has 1 heterocycles. The van der Waals surface area contributed by atoms with Crippen molar-refractivity contribution < 1.29 is 13.2 Å². The van der Waals surface area contributed by atoms with Gasteiger partial charge in [-0.25, -0.2) is 13.1 Å². The third-order valence-electron chi connectivity index (χ3n) is 5.99. The molecule has 1 amide bonds. The predicted octanol–water partition coefficient (Wildman–Crippen LogP) is 3.63. The van der Waals surface area contributed by atoms with Gasteiger partial charge >= 0.3 is 0 Å². The van der Waals surface area contributed by atoms with Gasteiger partial charge in [-0.1, -0.05) is 11.6 Å². The Hall–Kier alpha value is -2.62. The maximum Gasteiger partial charge on any atom is 0.270 e. The van der Waals surface area contributed by atoms with Crippen LogP contribution in [0.15, 0.2) is 36.4 Å². The molecule has 0 aliphatic heterocycles. The molecule has 1 fully saturated rings. The van der Waals surface area contributed by atoms with Crippen molar-refractivity contribution in [3.8, 4) is 5.69 Å². The molecule has 8 nitrogen and oxygen atoms in total. The molecule has 34 heavy (non-hydrogen) atoms. The molecule has 3 aromatic rings. The van der Waals surface area contributed by atoms with Gasteiger partial charge in [-0.2, -0.15) is 5.10 Å². The Morgan fingerprint density at radius 1 is 1.18 bits per heavy atom. The van der Waals surface area contributed by atoms with Gasteiger partial charge in [-0.05, 0) is 87.8 Å². The summed E-state index contributed by atoms with van der Waals surface area (Å²) in [4.78, 5) is 15.0. The minimum absolute atomic E-state index is 0.266. The van der Waals surface area contributed by atoms with E-state index in [9.17, 15) is 13.2 Å². The molecule has 0 atom stereocenters. The summed E-state index contributed by atoms with van der Waals surface area (Å²) in [5, 5.41) is 8.71. The number of nitrogens with zero attached hydrogens (tertiary/aromatic N) is 4. The van der Waals surface area contributed by atoms with Crippen LogP contribution >= 0.6 is 11.6 Å². The lowest BCUT2D eigenvalue weighted by molar-refractivity contribution is 0.0957. The van der Waals surface area contributed by atoms with Gasteiger partial charge in [0.25, 0.3) is 5.91 Å². The highest BCUT2D eigenvalue weighted by Gasteiger charge is 2.32. The van der Waals surface area contributed by atoms with Gasteiger partial charge in [-0.15, -0.1) is 0 Å². The van der Waals surface area contributed by atoms with E-state index in [2.05, 4.69) is 5.32 Å². The number of carbonyl (C=O) groups excluding carboxylic acids is 1. The summed E-state index contributed by atoms with van der Waals surface area (Å²) < 4.78 is 28.7. The highest BCUT2D eigenvalue weighted by molar-refractivity contribution is 7.92. The highest BCUT2D eigenvalue weighted by Crippen LogP contribution is 2.46. The van der Waals surface area contributed by atoms with Crippen molar-refractivity contribution >= 4 is 44.1 Å². The number of amides is 1. The summed E-state index contributed by atoms with van der Waals surface area (Å²) in [6.07, 6.45) is 3.93. The van der Waals surface area contributed by atoms with Gasteiger partial charge in [0.2, 0.25) is 10.0 Å². The average molecular weight is 504 g/mol. The Morgan fingerprint density at radius 2 is 1.85 bits per heavy atom. The first-order valence-corrected chi connectivity index (χ1v) is 13.5. The zero-order valence-corrected chi connectivity index (χ0v) is 21.4. The van der Waals surface area contributed by atoms with Gasteiger partial charge < -0.3 is 10.2 Å². The van der Waals surface area contributed by atoms with Crippen LogP contribution in [0.25, 0.3) is 16.6 Å². The van der Waals surface area contributed by atoms with Crippen LogP contribution in [-0.2, 0) is 10.0 Å². The number of anilines is 1. The molecule has 0 saturated heterocycles. The van der Waals surface area contributed by atoms with Crippen LogP contribution in [0.2, 0.25) is 5.02 Å². The number of sulfonamides is 1. The summed E-state index contributed by atoms with van der Waals surface area (Å²) in [7, 11) is 2.01. The minimum Gasteiger partial charge on any atom is -0.354 e.